The average molecular weight is 395 g/mol. The van der Waals surface area contributed by atoms with E-state index in [-0.39, 0.29) is 11.4 Å². The summed E-state index contributed by atoms with van der Waals surface area (Å²) in [6.45, 7) is 1.19. The topological polar surface area (TPSA) is 73.8 Å². The van der Waals surface area contributed by atoms with Crippen LogP contribution in [0.5, 0.6) is 0 Å². The highest BCUT2D eigenvalue weighted by Crippen LogP contribution is 2.14. The van der Waals surface area contributed by atoms with Crippen LogP contribution in [-0.2, 0) is 16.6 Å². The number of hydrogen-bond donors (Lipinski definition) is 2. The summed E-state index contributed by atoms with van der Waals surface area (Å²) >= 11 is 5.85. The van der Waals surface area contributed by atoms with Crippen molar-refractivity contribution in [2.45, 2.75) is 11.4 Å². The molecule has 6 nitrogen and oxygen atoms in total. The Balaban J connectivity index is 1.88. The first-order valence-corrected chi connectivity index (χ1v) is 9.99. The lowest BCUT2D eigenvalue weighted by atomic mass is 10.2. The van der Waals surface area contributed by atoms with Gasteiger partial charge in [0, 0.05) is 32.2 Å². The molecule has 2 aromatic carbocycles. The van der Waals surface area contributed by atoms with E-state index < -0.39 is 10.0 Å². The van der Waals surface area contributed by atoms with E-state index in [1.165, 1.54) is 12.1 Å². The summed E-state index contributed by atoms with van der Waals surface area (Å²) in [5.41, 5.74) is 1.11. The van der Waals surface area contributed by atoms with E-state index in [9.17, 15) is 8.42 Å². The molecule has 0 aliphatic heterocycles. The summed E-state index contributed by atoms with van der Waals surface area (Å²) in [5.74, 6) is 0.691. The maximum Gasteiger partial charge on any atom is 0.240 e. The van der Waals surface area contributed by atoms with Crippen LogP contribution in [0.25, 0.3) is 0 Å². The van der Waals surface area contributed by atoms with Gasteiger partial charge < -0.3 is 10.2 Å². The largest absolute Gasteiger partial charge is 0.355 e. The molecule has 0 heterocycles. The van der Waals surface area contributed by atoms with E-state index in [1.54, 1.807) is 12.1 Å². The number of guanidine groups is 1. The lowest BCUT2D eigenvalue weighted by molar-refractivity contribution is 0.567. The van der Waals surface area contributed by atoms with Gasteiger partial charge in [0.05, 0.1) is 11.4 Å². The highest BCUT2D eigenvalue weighted by Gasteiger charge is 2.13. The molecule has 8 heteroatoms. The highest BCUT2D eigenvalue weighted by molar-refractivity contribution is 7.89. The Morgan fingerprint density at radius 1 is 1.08 bits per heavy atom. The summed E-state index contributed by atoms with van der Waals surface area (Å²) < 4.78 is 27.0. The van der Waals surface area contributed by atoms with Crippen molar-refractivity contribution in [1.29, 1.82) is 0 Å². The molecule has 0 aromatic heterocycles. The van der Waals surface area contributed by atoms with Crippen LogP contribution in [0.1, 0.15) is 5.56 Å². The Bertz CT molecular complexity index is 839. The second-order valence-corrected chi connectivity index (χ2v) is 8.01. The van der Waals surface area contributed by atoms with E-state index in [4.69, 9.17) is 11.6 Å². The molecule has 0 unspecified atom stereocenters. The van der Waals surface area contributed by atoms with E-state index in [2.05, 4.69) is 15.0 Å². The van der Waals surface area contributed by atoms with Crippen LogP contribution in [0.15, 0.2) is 64.5 Å². The SMILES string of the molecule is CN(C)C(=NCc1ccccc1)NCCNS(=O)(=O)c1cccc(Cl)c1. The standard InChI is InChI=1S/C18H23ClN4O2S/c1-23(2)18(21-14-15-7-4-3-5-8-15)20-11-12-22-26(24,25)17-10-6-9-16(19)13-17/h3-10,13,22H,11-12,14H2,1-2H3,(H,20,21). The van der Waals surface area contributed by atoms with Crippen molar-refractivity contribution < 1.29 is 8.42 Å². The molecule has 2 N–H and O–H groups in total. The Labute approximate surface area is 159 Å². The quantitative estimate of drug-likeness (QED) is 0.429. The molecular weight excluding hydrogens is 372 g/mol. The molecule has 0 saturated carbocycles. The van der Waals surface area contributed by atoms with E-state index in [1.807, 2.05) is 49.3 Å². The summed E-state index contributed by atoms with van der Waals surface area (Å²) in [6, 6.07) is 16.1. The summed E-state index contributed by atoms with van der Waals surface area (Å²) in [5, 5.41) is 3.53. The normalized spacial score (nSPS) is 12.0. The number of nitrogens with zero attached hydrogens (tertiary/aromatic N) is 2. The third-order valence-corrected chi connectivity index (χ3v) is 5.18. The van der Waals surface area contributed by atoms with E-state index >= 15 is 0 Å². The minimum Gasteiger partial charge on any atom is -0.355 e. The fourth-order valence-electron chi connectivity index (χ4n) is 2.18. The second-order valence-electron chi connectivity index (χ2n) is 5.80. The van der Waals surface area contributed by atoms with Crippen LogP contribution in [-0.4, -0.2) is 46.5 Å². The lowest BCUT2D eigenvalue weighted by Crippen LogP contribution is -2.41. The molecule has 26 heavy (non-hydrogen) atoms. The molecule has 140 valence electrons. The first kappa shape index (κ1) is 20.2. The van der Waals surface area contributed by atoms with Crippen molar-refractivity contribution in [2.24, 2.45) is 4.99 Å². The van der Waals surface area contributed by atoms with Crippen LogP contribution in [0.2, 0.25) is 5.02 Å². The number of hydrogen-bond acceptors (Lipinski definition) is 3. The molecule has 0 aliphatic rings. The van der Waals surface area contributed by atoms with Gasteiger partial charge >= 0.3 is 0 Å². The van der Waals surface area contributed by atoms with Crippen LogP contribution < -0.4 is 10.0 Å². The zero-order valence-corrected chi connectivity index (χ0v) is 16.4. The molecule has 2 aromatic rings. The smallest absolute Gasteiger partial charge is 0.240 e. The number of benzene rings is 2. The first-order valence-electron chi connectivity index (χ1n) is 8.13. The molecular formula is C18H23ClN4O2S. The predicted octanol–water partition coefficient (Wildman–Crippen LogP) is 2.33. The van der Waals surface area contributed by atoms with Crippen LogP contribution in [0.3, 0.4) is 0 Å². The molecule has 2 rings (SSSR count). The summed E-state index contributed by atoms with van der Waals surface area (Å²) in [7, 11) is 0.180. The maximum atomic E-state index is 12.2. The summed E-state index contributed by atoms with van der Waals surface area (Å²) in [6.07, 6.45) is 0. The van der Waals surface area contributed by atoms with Crippen molar-refractivity contribution in [2.75, 3.05) is 27.2 Å². The minimum atomic E-state index is -3.58. The van der Waals surface area contributed by atoms with Gasteiger partial charge in [-0.1, -0.05) is 48.0 Å². The van der Waals surface area contributed by atoms with Gasteiger partial charge in [0.1, 0.15) is 0 Å². The van der Waals surface area contributed by atoms with Crippen molar-refractivity contribution in [3.05, 3.63) is 65.2 Å². The van der Waals surface area contributed by atoms with Gasteiger partial charge in [0.15, 0.2) is 5.96 Å². The fraction of sp³-hybridized carbons (Fsp3) is 0.278. The third-order valence-electron chi connectivity index (χ3n) is 3.48. The van der Waals surface area contributed by atoms with E-state index in [0.29, 0.717) is 24.1 Å². The number of halogens is 1. The highest BCUT2D eigenvalue weighted by atomic mass is 35.5. The second kappa shape index (κ2) is 9.56. The molecule has 0 radical (unpaired) electrons. The van der Waals surface area contributed by atoms with Gasteiger partial charge in [-0.15, -0.1) is 0 Å². The van der Waals surface area contributed by atoms with Crippen molar-refractivity contribution >= 4 is 27.6 Å². The van der Waals surface area contributed by atoms with Crippen LogP contribution >= 0.6 is 11.6 Å². The first-order chi connectivity index (χ1) is 12.4. The van der Waals surface area contributed by atoms with Gasteiger partial charge in [0.25, 0.3) is 0 Å². The number of aliphatic imine (C=N–C) groups is 1. The molecule has 0 spiro atoms. The van der Waals surface area contributed by atoms with Gasteiger partial charge in [-0.3, -0.25) is 0 Å². The molecule has 0 saturated heterocycles. The number of nitrogens with one attached hydrogen (secondary N) is 2. The average Bonchev–Trinajstić information content (AvgIpc) is 2.61. The minimum absolute atomic E-state index is 0.149. The maximum absolute atomic E-state index is 12.2. The van der Waals surface area contributed by atoms with Crippen LogP contribution in [0, 0.1) is 0 Å². The Hall–Kier alpha value is -2.09. The Morgan fingerprint density at radius 2 is 1.81 bits per heavy atom. The van der Waals surface area contributed by atoms with Crippen molar-refractivity contribution in [3.63, 3.8) is 0 Å². The lowest BCUT2D eigenvalue weighted by Gasteiger charge is -2.18. The van der Waals surface area contributed by atoms with Gasteiger partial charge in [-0.25, -0.2) is 18.1 Å². The van der Waals surface area contributed by atoms with Gasteiger partial charge in [0.2, 0.25) is 10.0 Å². The van der Waals surface area contributed by atoms with Crippen molar-refractivity contribution in [3.8, 4) is 0 Å². The van der Waals surface area contributed by atoms with Crippen molar-refractivity contribution in [1.82, 2.24) is 14.9 Å². The third kappa shape index (κ3) is 6.33. The predicted molar refractivity (Wildman–Crippen MR) is 106 cm³/mol. The molecule has 0 atom stereocenters. The van der Waals surface area contributed by atoms with Gasteiger partial charge in [-0.05, 0) is 23.8 Å². The fourth-order valence-corrected chi connectivity index (χ4v) is 3.51. The Kier molecular flexibility index (Phi) is 7.44. The number of sulfonamides is 1. The molecule has 0 fully saturated rings. The monoisotopic (exact) mass is 394 g/mol. The zero-order chi connectivity index (χ0) is 19.0. The number of rotatable bonds is 7. The van der Waals surface area contributed by atoms with Crippen LogP contribution in [0.4, 0.5) is 0 Å². The Morgan fingerprint density at radius 3 is 2.46 bits per heavy atom. The summed E-state index contributed by atoms with van der Waals surface area (Å²) in [4.78, 5) is 6.54. The molecule has 0 amide bonds. The van der Waals surface area contributed by atoms with E-state index in [0.717, 1.165) is 5.56 Å². The molecule has 0 bridgehead atoms. The zero-order valence-electron chi connectivity index (χ0n) is 14.8. The molecule has 0 aliphatic carbocycles. The van der Waals surface area contributed by atoms with Gasteiger partial charge in [-0.2, -0.15) is 0 Å².